The predicted molar refractivity (Wildman–Crippen MR) is 63.2 cm³/mol. The van der Waals surface area contributed by atoms with Crippen LogP contribution in [0.25, 0.3) is 0 Å². The summed E-state index contributed by atoms with van der Waals surface area (Å²) in [5.41, 5.74) is 6.88. The fourth-order valence-corrected chi connectivity index (χ4v) is 2.06. The van der Waals surface area contributed by atoms with Gasteiger partial charge in [0, 0.05) is 30.9 Å². The third-order valence-corrected chi connectivity index (χ3v) is 2.91. The molecular weight excluding hydrogens is 202 g/mol. The van der Waals surface area contributed by atoms with E-state index >= 15 is 0 Å². The van der Waals surface area contributed by atoms with Crippen LogP contribution in [0, 0.1) is 0 Å². The molecule has 1 aromatic rings. The first kappa shape index (κ1) is 11.3. The van der Waals surface area contributed by atoms with E-state index in [4.69, 9.17) is 10.5 Å². The van der Waals surface area contributed by atoms with Crippen LogP contribution >= 0.6 is 0 Å². The Hall–Kier alpha value is -1.16. The molecule has 0 atom stereocenters. The van der Waals surface area contributed by atoms with Gasteiger partial charge in [0.2, 0.25) is 0 Å². The zero-order valence-corrected chi connectivity index (χ0v) is 9.78. The quantitative estimate of drug-likeness (QED) is 0.847. The number of ether oxygens (including phenoxy) is 1. The van der Waals surface area contributed by atoms with Crippen LogP contribution in [0.3, 0.4) is 0 Å². The molecule has 1 aromatic heterocycles. The predicted octanol–water partition coefficient (Wildman–Crippen LogP) is 1.91. The second-order valence-corrected chi connectivity index (χ2v) is 4.28. The molecule has 1 fully saturated rings. The van der Waals surface area contributed by atoms with Gasteiger partial charge in [-0.15, -0.1) is 0 Å². The van der Waals surface area contributed by atoms with Crippen LogP contribution < -0.4 is 5.73 Å². The van der Waals surface area contributed by atoms with E-state index in [1.54, 1.807) is 0 Å². The van der Waals surface area contributed by atoms with Crippen LogP contribution in [0.15, 0.2) is 6.07 Å². The standard InChI is InChI=1S/C12H19N3O/c1-2-3-10-8-11(13)15-12(14-10)9-4-6-16-7-5-9/h8-9H,2-7H2,1H3,(H2,13,14,15). The molecular formula is C12H19N3O. The molecule has 0 spiro atoms. The van der Waals surface area contributed by atoms with Gasteiger partial charge in [-0.1, -0.05) is 13.3 Å². The van der Waals surface area contributed by atoms with Gasteiger partial charge in [0.15, 0.2) is 0 Å². The molecule has 2 N–H and O–H groups in total. The summed E-state index contributed by atoms with van der Waals surface area (Å²) < 4.78 is 5.34. The van der Waals surface area contributed by atoms with Gasteiger partial charge in [0.25, 0.3) is 0 Å². The Morgan fingerprint density at radius 1 is 1.38 bits per heavy atom. The topological polar surface area (TPSA) is 61.0 Å². The molecule has 16 heavy (non-hydrogen) atoms. The van der Waals surface area contributed by atoms with E-state index in [1.807, 2.05) is 6.07 Å². The van der Waals surface area contributed by atoms with Crippen LogP contribution in [0.1, 0.15) is 43.6 Å². The molecule has 0 radical (unpaired) electrons. The Morgan fingerprint density at radius 3 is 2.81 bits per heavy atom. The summed E-state index contributed by atoms with van der Waals surface area (Å²) in [6.07, 6.45) is 4.08. The van der Waals surface area contributed by atoms with Crippen molar-refractivity contribution in [1.29, 1.82) is 0 Å². The molecule has 4 nitrogen and oxygen atoms in total. The number of nitrogens with zero attached hydrogens (tertiary/aromatic N) is 2. The Morgan fingerprint density at radius 2 is 2.12 bits per heavy atom. The van der Waals surface area contributed by atoms with Gasteiger partial charge >= 0.3 is 0 Å². The molecule has 1 aliphatic heterocycles. The van der Waals surface area contributed by atoms with Gasteiger partial charge in [-0.25, -0.2) is 9.97 Å². The van der Waals surface area contributed by atoms with Crippen molar-refractivity contribution in [2.75, 3.05) is 18.9 Å². The molecule has 2 rings (SSSR count). The maximum atomic E-state index is 5.81. The van der Waals surface area contributed by atoms with Crippen molar-refractivity contribution in [1.82, 2.24) is 9.97 Å². The Labute approximate surface area is 96.2 Å². The maximum Gasteiger partial charge on any atom is 0.134 e. The third kappa shape index (κ3) is 2.70. The lowest BCUT2D eigenvalue weighted by molar-refractivity contribution is 0.0835. The molecule has 0 amide bonds. The van der Waals surface area contributed by atoms with Gasteiger partial charge in [0.1, 0.15) is 11.6 Å². The van der Waals surface area contributed by atoms with Gasteiger partial charge in [-0.2, -0.15) is 0 Å². The Balaban J connectivity index is 2.18. The number of aromatic nitrogens is 2. The van der Waals surface area contributed by atoms with Crippen LogP contribution in [-0.4, -0.2) is 23.2 Å². The molecule has 0 saturated carbocycles. The minimum absolute atomic E-state index is 0.424. The average Bonchev–Trinajstić information content (AvgIpc) is 2.30. The Bertz CT molecular complexity index is 348. The minimum Gasteiger partial charge on any atom is -0.384 e. The van der Waals surface area contributed by atoms with Crippen molar-refractivity contribution in [3.05, 3.63) is 17.6 Å². The SMILES string of the molecule is CCCc1cc(N)nc(C2CCOCC2)n1. The van der Waals surface area contributed by atoms with Gasteiger partial charge in [-0.3, -0.25) is 0 Å². The maximum absolute atomic E-state index is 5.81. The monoisotopic (exact) mass is 221 g/mol. The molecule has 0 unspecified atom stereocenters. The minimum atomic E-state index is 0.424. The normalized spacial score (nSPS) is 17.6. The summed E-state index contributed by atoms with van der Waals surface area (Å²) in [6, 6.07) is 1.88. The number of rotatable bonds is 3. The highest BCUT2D eigenvalue weighted by Gasteiger charge is 2.19. The van der Waals surface area contributed by atoms with E-state index in [-0.39, 0.29) is 0 Å². The number of hydrogen-bond acceptors (Lipinski definition) is 4. The first-order chi connectivity index (χ1) is 7.79. The van der Waals surface area contributed by atoms with Crippen LogP contribution in [0.5, 0.6) is 0 Å². The van der Waals surface area contributed by atoms with Gasteiger partial charge in [-0.05, 0) is 19.3 Å². The first-order valence-electron chi connectivity index (χ1n) is 6.00. The highest BCUT2D eigenvalue weighted by Crippen LogP contribution is 2.24. The molecule has 0 bridgehead atoms. The lowest BCUT2D eigenvalue weighted by Crippen LogP contribution is -2.17. The summed E-state index contributed by atoms with van der Waals surface area (Å²) in [5, 5.41) is 0. The largest absolute Gasteiger partial charge is 0.384 e. The second kappa shape index (κ2) is 5.25. The zero-order valence-electron chi connectivity index (χ0n) is 9.78. The number of aryl methyl sites for hydroxylation is 1. The van der Waals surface area contributed by atoms with E-state index in [9.17, 15) is 0 Å². The summed E-state index contributed by atoms with van der Waals surface area (Å²) in [7, 11) is 0. The molecule has 1 aliphatic rings. The van der Waals surface area contributed by atoms with E-state index in [0.717, 1.165) is 50.4 Å². The van der Waals surface area contributed by atoms with E-state index < -0.39 is 0 Å². The lowest BCUT2D eigenvalue weighted by atomic mass is 9.99. The van der Waals surface area contributed by atoms with Crippen LogP contribution in [-0.2, 0) is 11.2 Å². The van der Waals surface area contributed by atoms with Crippen LogP contribution in [0.2, 0.25) is 0 Å². The van der Waals surface area contributed by atoms with Crippen molar-refractivity contribution in [2.45, 2.75) is 38.5 Å². The summed E-state index contributed by atoms with van der Waals surface area (Å²) in [5.74, 6) is 1.93. The average molecular weight is 221 g/mol. The third-order valence-electron chi connectivity index (χ3n) is 2.91. The van der Waals surface area contributed by atoms with E-state index in [0.29, 0.717) is 11.7 Å². The van der Waals surface area contributed by atoms with Crippen molar-refractivity contribution < 1.29 is 4.74 Å². The summed E-state index contributed by atoms with van der Waals surface area (Å²) in [6.45, 7) is 3.77. The van der Waals surface area contributed by atoms with Crippen LogP contribution in [0.4, 0.5) is 5.82 Å². The second-order valence-electron chi connectivity index (χ2n) is 4.28. The molecule has 0 aromatic carbocycles. The van der Waals surface area contributed by atoms with Gasteiger partial charge < -0.3 is 10.5 Å². The summed E-state index contributed by atoms with van der Waals surface area (Å²) >= 11 is 0. The van der Waals surface area contributed by atoms with Crippen molar-refractivity contribution in [3.8, 4) is 0 Å². The number of nitrogens with two attached hydrogens (primary N) is 1. The molecule has 0 aliphatic carbocycles. The van der Waals surface area contributed by atoms with Gasteiger partial charge in [0.05, 0.1) is 0 Å². The molecule has 88 valence electrons. The smallest absolute Gasteiger partial charge is 0.134 e. The van der Waals surface area contributed by atoms with Crippen molar-refractivity contribution in [2.24, 2.45) is 0 Å². The molecule has 1 saturated heterocycles. The fourth-order valence-electron chi connectivity index (χ4n) is 2.06. The number of anilines is 1. The molecule has 4 heteroatoms. The number of hydrogen-bond donors (Lipinski definition) is 1. The highest BCUT2D eigenvalue weighted by atomic mass is 16.5. The van der Waals surface area contributed by atoms with Crippen molar-refractivity contribution in [3.63, 3.8) is 0 Å². The number of nitrogen functional groups attached to an aromatic ring is 1. The first-order valence-corrected chi connectivity index (χ1v) is 6.00. The zero-order chi connectivity index (χ0) is 11.4. The summed E-state index contributed by atoms with van der Waals surface area (Å²) in [4.78, 5) is 8.95. The van der Waals surface area contributed by atoms with E-state index in [2.05, 4.69) is 16.9 Å². The molecule has 2 heterocycles. The lowest BCUT2D eigenvalue weighted by Gasteiger charge is -2.21. The van der Waals surface area contributed by atoms with Crippen molar-refractivity contribution >= 4 is 5.82 Å². The highest BCUT2D eigenvalue weighted by molar-refractivity contribution is 5.30. The van der Waals surface area contributed by atoms with E-state index in [1.165, 1.54) is 0 Å². The fraction of sp³-hybridized carbons (Fsp3) is 0.667. The Kier molecular flexibility index (Phi) is 3.72.